The average molecular weight is 468 g/mol. The predicted octanol–water partition coefficient (Wildman–Crippen LogP) is 3.43. The van der Waals surface area contributed by atoms with Gasteiger partial charge in [-0.2, -0.15) is 0 Å². The number of methoxy groups -OCH3 is 2. The van der Waals surface area contributed by atoms with E-state index in [-0.39, 0.29) is 6.10 Å². The third-order valence-corrected chi connectivity index (χ3v) is 6.29. The lowest BCUT2D eigenvalue weighted by Crippen LogP contribution is -2.42. The van der Waals surface area contributed by atoms with Crippen LogP contribution in [0.4, 0.5) is 10.5 Å². The van der Waals surface area contributed by atoms with Gasteiger partial charge in [-0.15, -0.1) is 0 Å². The molecule has 1 unspecified atom stereocenters. The quantitative estimate of drug-likeness (QED) is 0.576. The number of anilines is 1. The summed E-state index contributed by atoms with van der Waals surface area (Å²) in [6.45, 7) is 1.20. The van der Waals surface area contributed by atoms with E-state index in [4.69, 9.17) is 14.2 Å². The Morgan fingerprint density at radius 3 is 2.41 bits per heavy atom. The molecule has 2 aromatic carbocycles. The Morgan fingerprint density at radius 2 is 1.76 bits per heavy atom. The minimum atomic E-state index is -1.27. The maximum Gasteiger partial charge on any atom is 0.325 e. The van der Waals surface area contributed by atoms with Gasteiger partial charge in [0, 0.05) is 11.8 Å². The number of nitrogens with one attached hydrogen (secondary N) is 2. The number of hydrogen-bond donors (Lipinski definition) is 2. The van der Waals surface area contributed by atoms with Gasteiger partial charge < -0.3 is 24.8 Å². The molecular weight excluding hydrogens is 438 g/mol. The van der Waals surface area contributed by atoms with E-state index in [1.807, 2.05) is 0 Å². The molecule has 0 radical (unpaired) electrons. The van der Waals surface area contributed by atoms with Crippen molar-refractivity contribution in [1.82, 2.24) is 10.2 Å². The molecule has 1 aliphatic heterocycles. The van der Waals surface area contributed by atoms with E-state index < -0.39 is 29.9 Å². The average Bonchev–Trinajstić information content (AvgIpc) is 3.42. The number of carbonyl (C=O) groups is 3. The Hall–Kier alpha value is -3.75. The molecule has 2 fully saturated rings. The molecule has 1 heterocycles. The molecular formula is C25H29N3O6. The normalized spacial score (nSPS) is 20.3. The van der Waals surface area contributed by atoms with E-state index in [0.717, 1.165) is 30.6 Å². The molecule has 1 saturated carbocycles. The highest BCUT2D eigenvalue weighted by Gasteiger charge is 2.49. The fourth-order valence-electron chi connectivity index (χ4n) is 4.34. The minimum absolute atomic E-state index is 0.126. The molecule has 1 aliphatic carbocycles. The lowest BCUT2D eigenvalue weighted by molar-refractivity contribution is -0.133. The van der Waals surface area contributed by atoms with Crippen molar-refractivity contribution in [3.05, 3.63) is 48.0 Å². The fourth-order valence-corrected chi connectivity index (χ4v) is 4.34. The van der Waals surface area contributed by atoms with Crippen molar-refractivity contribution in [2.75, 3.05) is 26.1 Å². The van der Waals surface area contributed by atoms with Crippen LogP contribution in [0.25, 0.3) is 0 Å². The van der Waals surface area contributed by atoms with Gasteiger partial charge in [-0.05, 0) is 62.4 Å². The van der Waals surface area contributed by atoms with Gasteiger partial charge in [-0.25, -0.2) is 4.79 Å². The lowest BCUT2D eigenvalue weighted by atomic mass is 9.92. The molecule has 2 N–H and O–H groups in total. The molecule has 34 heavy (non-hydrogen) atoms. The van der Waals surface area contributed by atoms with Crippen LogP contribution < -0.4 is 24.8 Å². The second-order valence-electron chi connectivity index (χ2n) is 8.61. The van der Waals surface area contributed by atoms with Gasteiger partial charge in [0.05, 0.1) is 20.3 Å². The third-order valence-electron chi connectivity index (χ3n) is 6.29. The van der Waals surface area contributed by atoms with Gasteiger partial charge in [-0.3, -0.25) is 14.5 Å². The lowest BCUT2D eigenvalue weighted by Gasteiger charge is -2.22. The van der Waals surface area contributed by atoms with Gasteiger partial charge in [0.15, 0.2) is 11.5 Å². The predicted molar refractivity (Wildman–Crippen MR) is 125 cm³/mol. The Morgan fingerprint density at radius 1 is 1.06 bits per heavy atom. The van der Waals surface area contributed by atoms with Crippen LogP contribution >= 0.6 is 0 Å². The van der Waals surface area contributed by atoms with E-state index in [2.05, 4.69) is 10.6 Å². The van der Waals surface area contributed by atoms with Crippen molar-refractivity contribution in [2.24, 2.45) is 0 Å². The molecule has 2 aliphatic rings. The fraction of sp³-hybridized carbons (Fsp3) is 0.400. The first kappa shape index (κ1) is 23.4. The molecule has 2 aromatic rings. The minimum Gasteiger partial charge on any atom is -0.497 e. The standard InChI is InChI=1S/C25H29N3O6/c1-25(16-8-11-18(32-2)12-9-16)23(30)28(24(31)27-25)15-22(29)26-17-10-13-20(33-3)21(14-17)34-19-6-4-5-7-19/h8-14,19H,4-7,15H2,1-3H3,(H,26,29)(H,27,31). The van der Waals surface area contributed by atoms with Crippen LogP contribution in [0.3, 0.4) is 0 Å². The zero-order valence-electron chi connectivity index (χ0n) is 19.6. The number of hydrogen-bond acceptors (Lipinski definition) is 6. The highest BCUT2D eigenvalue weighted by atomic mass is 16.5. The van der Waals surface area contributed by atoms with E-state index in [1.165, 1.54) is 0 Å². The summed E-state index contributed by atoms with van der Waals surface area (Å²) in [5, 5.41) is 5.44. The molecule has 180 valence electrons. The van der Waals surface area contributed by atoms with Gasteiger partial charge in [0.2, 0.25) is 5.91 Å². The van der Waals surface area contributed by atoms with Gasteiger partial charge in [0.25, 0.3) is 5.91 Å². The summed E-state index contributed by atoms with van der Waals surface area (Å²) < 4.78 is 16.6. The SMILES string of the molecule is COc1ccc(C2(C)NC(=O)N(CC(=O)Nc3ccc(OC)c(OC4CCCC4)c3)C2=O)cc1. The molecule has 0 bridgehead atoms. The number of benzene rings is 2. The Bertz CT molecular complexity index is 1080. The number of amides is 4. The van der Waals surface area contributed by atoms with Gasteiger partial charge in [0.1, 0.15) is 17.8 Å². The van der Waals surface area contributed by atoms with Crippen LogP contribution in [-0.2, 0) is 15.1 Å². The maximum absolute atomic E-state index is 13.1. The van der Waals surface area contributed by atoms with Crippen LogP contribution in [-0.4, -0.2) is 49.6 Å². The summed E-state index contributed by atoms with van der Waals surface area (Å²) in [5.74, 6) is 0.761. The second-order valence-corrected chi connectivity index (χ2v) is 8.61. The first-order valence-electron chi connectivity index (χ1n) is 11.3. The largest absolute Gasteiger partial charge is 0.497 e. The monoisotopic (exact) mass is 467 g/mol. The van der Waals surface area contributed by atoms with Crippen LogP contribution in [0.15, 0.2) is 42.5 Å². The summed E-state index contributed by atoms with van der Waals surface area (Å²) in [7, 11) is 3.11. The second kappa shape index (κ2) is 9.62. The maximum atomic E-state index is 13.1. The Labute approximate surface area is 198 Å². The summed E-state index contributed by atoms with van der Waals surface area (Å²) in [6, 6.07) is 11.3. The van der Waals surface area contributed by atoms with Crippen molar-refractivity contribution in [3.63, 3.8) is 0 Å². The third kappa shape index (κ3) is 4.64. The summed E-state index contributed by atoms with van der Waals surface area (Å²) in [4.78, 5) is 39.3. The van der Waals surface area contributed by atoms with E-state index >= 15 is 0 Å². The molecule has 9 nitrogen and oxygen atoms in total. The highest BCUT2D eigenvalue weighted by molar-refractivity contribution is 6.10. The molecule has 1 saturated heterocycles. The number of carbonyl (C=O) groups excluding carboxylic acids is 3. The molecule has 4 amide bonds. The first-order chi connectivity index (χ1) is 16.3. The highest BCUT2D eigenvalue weighted by Crippen LogP contribution is 2.34. The number of imide groups is 1. The topological polar surface area (TPSA) is 106 Å². The van der Waals surface area contributed by atoms with Crippen molar-refractivity contribution >= 4 is 23.5 Å². The molecule has 0 spiro atoms. The number of ether oxygens (including phenoxy) is 3. The van der Waals surface area contributed by atoms with E-state index in [9.17, 15) is 14.4 Å². The summed E-state index contributed by atoms with van der Waals surface area (Å²) in [5.41, 5.74) is -0.186. The molecule has 1 atom stereocenters. The number of rotatable bonds is 8. The summed E-state index contributed by atoms with van der Waals surface area (Å²) >= 11 is 0. The van der Waals surface area contributed by atoms with Crippen molar-refractivity contribution in [2.45, 2.75) is 44.2 Å². The number of nitrogens with zero attached hydrogens (tertiary/aromatic N) is 1. The smallest absolute Gasteiger partial charge is 0.325 e. The van der Waals surface area contributed by atoms with Crippen LogP contribution in [0.5, 0.6) is 17.2 Å². The van der Waals surface area contributed by atoms with Crippen LogP contribution in [0, 0.1) is 0 Å². The number of urea groups is 1. The zero-order valence-corrected chi connectivity index (χ0v) is 19.6. The van der Waals surface area contributed by atoms with E-state index in [0.29, 0.717) is 28.5 Å². The Kier molecular flexibility index (Phi) is 6.63. The van der Waals surface area contributed by atoms with Crippen molar-refractivity contribution in [1.29, 1.82) is 0 Å². The first-order valence-corrected chi connectivity index (χ1v) is 11.3. The summed E-state index contributed by atoms with van der Waals surface area (Å²) in [6.07, 6.45) is 4.36. The van der Waals surface area contributed by atoms with Gasteiger partial charge >= 0.3 is 6.03 Å². The van der Waals surface area contributed by atoms with Crippen LogP contribution in [0.1, 0.15) is 38.2 Å². The zero-order chi connectivity index (χ0) is 24.3. The van der Waals surface area contributed by atoms with Crippen molar-refractivity contribution in [3.8, 4) is 17.2 Å². The van der Waals surface area contributed by atoms with E-state index in [1.54, 1.807) is 63.6 Å². The van der Waals surface area contributed by atoms with Crippen molar-refractivity contribution < 1.29 is 28.6 Å². The molecule has 0 aromatic heterocycles. The molecule has 4 rings (SSSR count). The van der Waals surface area contributed by atoms with Crippen LogP contribution in [0.2, 0.25) is 0 Å². The Balaban J connectivity index is 1.44. The van der Waals surface area contributed by atoms with Gasteiger partial charge in [-0.1, -0.05) is 12.1 Å². The molecule has 9 heteroatoms.